The highest BCUT2D eigenvalue weighted by Gasteiger charge is 2.35. The van der Waals surface area contributed by atoms with Crippen molar-refractivity contribution in [3.63, 3.8) is 0 Å². The lowest BCUT2D eigenvalue weighted by molar-refractivity contribution is -0.414. The molecular formula is C63H55N5O4. The van der Waals surface area contributed by atoms with Crippen LogP contribution in [0, 0.1) is 20.7 Å². The van der Waals surface area contributed by atoms with Gasteiger partial charge in [0.25, 0.3) is 5.70 Å². The number of aliphatic imine (C=N–C) groups is 1. The Morgan fingerprint density at radius 2 is 1.12 bits per heavy atom. The number of carbonyl (C=O) groups is 1. The van der Waals surface area contributed by atoms with E-state index in [1.165, 1.54) is 0 Å². The zero-order valence-corrected chi connectivity index (χ0v) is 42.0. The quantitative estimate of drug-likeness (QED) is 0.0978. The first-order valence-electron chi connectivity index (χ1n) is 24.4. The number of aromatic amines is 2. The molecule has 0 saturated carbocycles. The van der Waals surface area contributed by atoms with Gasteiger partial charge in [-0.2, -0.15) is 0 Å². The molecule has 0 radical (unpaired) electrons. The third kappa shape index (κ3) is 7.95. The highest BCUT2D eigenvalue weighted by atomic mass is 16.6. The molecule has 9 heteroatoms. The largest absolute Gasteiger partial charge is 0.420 e. The van der Waals surface area contributed by atoms with E-state index in [-0.39, 0.29) is 32.6 Å². The summed E-state index contributed by atoms with van der Waals surface area (Å²) in [5.41, 5.74) is 10.8. The molecule has 5 heterocycles. The molecule has 0 amide bonds. The fourth-order valence-electron chi connectivity index (χ4n) is 10.1. The predicted octanol–water partition coefficient (Wildman–Crippen LogP) is 13.2. The maximum atomic E-state index is 14.5. The van der Waals surface area contributed by atoms with Crippen LogP contribution in [0.15, 0.2) is 179 Å². The molecule has 0 saturated heterocycles. The van der Waals surface area contributed by atoms with E-state index in [1.54, 1.807) is 18.2 Å². The monoisotopic (exact) mass is 945 g/mol. The Morgan fingerprint density at radius 3 is 1.74 bits per heavy atom. The number of hydrogen-bond donors (Lipinski definition) is 2. The first kappa shape index (κ1) is 46.0. The Morgan fingerprint density at radius 1 is 0.556 bits per heavy atom. The van der Waals surface area contributed by atoms with Crippen molar-refractivity contribution >= 4 is 45.1 Å². The second-order valence-electron chi connectivity index (χ2n) is 22.0. The van der Waals surface area contributed by atoms with Crippen molar-refractivity contribution in [3.8, 4) is 11.1 Å². The van der Waals surface area contributed by atoms with Gasteiger partial charge in [-0.3, -0.25) is 10.1 Å². The lowest BCUT2D eigenvalue weighted by atomic mass is 9.83. The first-order chi connectivity index (χ1) is 34.3. The summed E-state index contributed by atoms with van der Waals surface area (Å²) in [6, 6.07) is 50.2. The molecular weight excluding hydrogens is 891 g/mol. The molecule has 8 aromatic rings. The molecule has 2 aromatic heterocycles. The molecule has 3 aliphatic heterocycles. The molecule has 356 valence electrons. The third-order valence-electron chi connectivity index (χ3n) is 14.0. The summed E-state index contributed by atoms with van der Waals surface area (Å²) < 4.78 is 6.75. The van der Waals surface area contributed by atoms with Crippen LogP contribution in [0.4, 0.5) is 0 Å². The number of ether oxygens (including phenoxy) is 1. The lowest BCUT2D eigenvalue weighted by Gasteiger charge is -2.21. The number of hydrogen-bond acceptors (Lipinski definition) is 6. The number of nitrogens with zero attached hydrogens (tertiary/aromatic N) is 3. The number of fused-ring (bicyclic) bond motifs is 9. The topological polar surface area (TPSA) is 126 Å². The summed E-state index contributed by atoms with van der Waals surface area (Å²) in [5, 5.41) is 18.1. The molecule has 0 aliphatic carbocycles. The van der Waals surface area contributed by atoms with Gasteiger partial charge in [0.1, 0.15) is 5.70 Å². The summed E-state index contributed by atoms with van der Waals surface area (Å²) in [7, 11) is 0. The van der Waals surface area contributed by atoms with Crippen molar-refractivity contribution in [1.82, 2.24) is 9.97 Å². The number of nitrogens with one attached hydrogen (secondary N) is 2. The van der Waals surface area contributed by atoms with Crippen LogP contribution in [0.2, 0.25) is 0 Å². The first-order valence-corrected chi connectivity index (χ1v) is 24.4. The summed E-state index contributed by atoms with van der Waals surface area (Å²) in [6.07, 6.45) is 1.59. The Balaban J connectivity index is 1.34. The third-order valence-corrected chi connectivity index (χ3v) is 14.0. The highest BCUT2D eigenvalue weighted by molar-refractivity contribution is 6.32. The molecule has 0 spiro atoms. The van der Waals surface area contributed by atoms with Crippen molar-refractivity contribution < 1.29 is 14.5 Å². The number of nitro groups is 1. The summed E-state index contributed by atoms with van der Waals surface area (Å²) in [5.74, 6) is -0.219. The average molecular weight is 946 g/mol. The van der Waals surface area contributed by atoms with E-state index in [4.69, 9.17) is 14.7 Å². The van der Waals surface area contributed by atoms with E-state index in [0.717, 1.165) is 60.3 Å². The average Bonchev–Trinajstić information content (AvgIpc) is 4.19. The van der Waals surface area contributed by atoms with Gasteiger partial charge < -0.3 is 14.7 Å². The SMILES string of the molecule is CC(C)(C)c1ccc(C2=C3C=C([N+](=O)[O-])C(=N3)C(c3ccc(C(C)(C)C)cc3)=c3ccc([nH]3)=c3c4c(c(-c5ccccc5)c5cc(C(C)(C)C)ccc35)C(OC(=O)c3ccccc3)=C(N=4)c3ccc2[nH]3)cc1. The van der Waals surface area contributed by atoms with Crippen LogP contribution in [-0.4, -0.2) is 26.6 Å². The van der Waals surface area contributed by atoms with Gasteiger partial charge in [-0.05, 0) is 103 Å². The van der Waals surface area contributed by atoms with Crippen LogP contribution in [0.25, 0.3) is 44.5 Å². The van der Waals surface area contributed by atoms with Crippen molar-refractivity contribution in [2.45, 2.75) is 78.6 Å². The van der Waals surface area contributed by atoms with Crippen molar-refractivity contribution in [1.29, 1.82) is 0 Å². The molecule has 9 nitrogen and oxygen atoms in total. The van der Waals surface area contributed by atoms with Gasteiger partial charge in [0.2, 0.25) is 0 Å². The molecule has 8 bridgehead atoms. The Hall–Kier alpha value is -8.43. The van der Waals surface area contributed by atoms with E-state index >= 15 is 0 Å². The molecule has 3 aliphatic rings. The van der Waals surface area contributed by atoms with E-state index < -0.39 is 5.97 Å². The molecule has 6 aromatic carbocycles. The zero-order chi connectivity index (χ0) is 50.4. The van der Waals surface area contributed by atoms with E-state index in [2.05, 4.69) is 139 Å². The lowest BCUT2D eigenvalue weighted by Crippen LogP contribution is -2.20. The van der Waals surface area contributed by atoms with Gasteiger partial charge in [0.05, 0.1) is 32.8 Å². The van der Waals surface area contributed by atoms with Gasteiger partial charge >= 0.3 is 5.97 Å². The molecule has 2 N–H and O–H groups in total. The van der Waals surface area contributed by atoms with Gasteiger partial charge in [-0.1, -0.05) is 172 Å². The van der Waals surface area contributed by atoms with Crippen LogP contribution in [0.1, 0.15) is 117 Å². The minimum atomic E-state index is -0.526. The zero-order valence-electron chi connectivity index (χ0n) is 42.0. The molecule has 72 heavy (non-hydrogen) atoms. The summed E-state index contributed by atoms with van der Waals surface area (Å²) in [4.78, 5) is 46.0. The van der Waals surface area contributed by atoms with Crippen LogP contribution in [0.5, 0.6) is 0 Å². The number of allylic oxidation sites excluding steroid dienone is 2. The Kier molecular flexibility index (Phi) is 10.8. The van der Waals surface area contributed by atoms with Crippen LogP contribution in [0.3, 0.4) is 0 Å². The van der Waals surface area contributed by atoms with Crippen LogP contribution in [-0.2, 0) is 21.0 Å². The van der Waals surface area contributed by atoms with Gasteiger partial charge in [0.15, 0.2) is 11.5 Å². The summed E-state index contributed by atoms with van der Waals surface area (Å²) in [6.45, 7) is 19.6. The molecule has 0 unspecified atom stereocenters. The molecule has 0 atom stereocenters. The Labute approximate surface area is 418 Å². The minimum absolute atomic E-state index is 0.119. The molecule has 0 fully saturated rings. The van der Waals surface area contributed by atoms with E-state index in [9.17, 15) is 14.9 Å². The smallest absolute Gasteiger partial charge is 0.343 e. The van der Waals surface area contributed by atoms with Gasteiger partial charge in [0, 0.05) is 44.4 Å². The number of esters is 1. The predicted molar refractivity (Wildman–Crippen MR) is 288 cm³/mol. The second-order valence-corrected chi connectivity index (χ2v) is 22.0. The van der Waals surface area contributed by atoms with Crippen LogP contribution < -0.4 is 10.7 Å². The summed E-state index contributed by atoms with van der Waals surface area (Å²) >= 11 is 0. The van der Waals surface area contributed by atoms with Crippen molar-refractivity contribution in [3.05, 3.63) is 251 Å². The number of H-pyrrole nitrogens is 2. The van der Waals surface area contributed by atoms with Crippen molar-refractivity contribution in [2.24, 2.45) is 9.98 Å². The van der Waals surface area contributed by atoms with Crippen molar-refractivity contribution in [2.75, 3.05) is 0 Å². The van der Waals surface area contributed by atoms with Gasteiger partial charge in [-0.15, -0.1) is 0 Å². The van der Waals surface area contributed by atoms with E-state index in [1.807, 2.05) is 72.8 Å². The normalized spacial score (nSPS) is 14.5. The highest BCUT2D eigenvalue weighted by Crippen LogP contribution is 2.44. The standard InChI is InChI=1S/C63H55N5O4/c1-61(2,3)40-24-20-37(21-25-40)52-45-32-33-48(65-45)56-59(72-60(69)39-18-14-11-15-19-39)55-51(36-16-12-10-13-17-36)44-34-42(63(7,8)9)28-29-43(44)54(58(55)67-56)47-31-30-46(64-47)53(57-50(68(70)71)35-49(52)66-57)38-22-26-41(27-23-38)62(4,5)6/h10-35,64-65H,1-9H3. The number of benzene rings is 6. The van der Waals surface area contributed by atoms with Gasteiger partial charge in [-0.25, -0.2) is 14.8 Å². The maximum Gasteiger partial charge on any atom is 0.343 e. The minimum Gasteiger partial charge on any atom is -0.420 e. The second kappa shape index (κ2) is 16.9. The van der Waals surface area contributed by atoms with Crippen LogP contribution >= 0.6 is 0 Å². The van der Waals surface area contributed by atoms with E-state index in [0.29, 0.717) is 61.5 Å². The number of aromatic nitrogens is 2. The maximum absolute atomic E-state index is 14.5. The number of carbonyl (C=O) groups excluding carboxylic acids is 1. The fourth-order valence-corrected chi connectivity index (χ4v) is 10.1. The fraction of sp³-hybridized carbons (Fsp3) is 0.190. The number of rotatable bonds is 6. The molecule has 11 rings (SSSR count). The Bertz CT molecular complexity index is 3940.